The molecule has 0 aliphatic carbocycles. The fraction of sp³-hybridized carbons (Fsp3) is 0.886. The van der Waals surface area contributed by atoms with Crippen molar-refractivity contribution in [3.05, 3.63) is 0 Å². The summed E-state index contributed by atoms with van der Waals surface area (Å²) in [6.07, 6.45) is -1.51. The van der Waals surface area contributed by atoms with Crippen LogP contribution in [-0.2, 0) is 99.4 Å². The second-order valence-electron chi connectivity index (χ2n) is 31.6. The average Bonchev–Trinajstić information content (AvgIpc) is 1.48. The third kappa shape index (κ3) is 42.8. The lowest BCUT2D eigenvalue weighted by Gasteiger charge is -2.42. The van der Waals surface area contributed by atoms with Gasteiger partial charge in [-0.15, -0.1) is 0 Å². The highest BCUT2D eigenvalue weighted by Gasteiger charge is 2.47. The molecule has 17 N–H and O–H groups in total. The molecule has 4 aliphatic heterocycles. The van der Waals surface area contributed by atoms with Crippen LogP contribution in [0.15, 0.2) is 0 Å². The van der Waals surface area contributed by atoms with Crippen molar-refractivity contribution >= 4 is 60.9 Å². The number of hydrogen-bond acceptors (Lipinski definition) is 30. The molecule has 18 atom stereocenters. The standard InChI is InChI=1S/C79H143N8O31P/c1-53-43-57(49-115-119(106,107)108-5)87(45-53)68(99)27-13-11-9-7-6-8-10-12-23-58(92)44-79(50-109-40-28-65(96)83-34-20-31-80-62(93)24-14-17-37-112-76-54(2)70(100)72(102)59(46-88)116-76,51-110-41-29-66(97)84-35-21-32-81-63(94)25-15-18-38-113-77-55(3)71(101)73(103)60(47-89)117-77)52-111-42-30-67(98)85-36-22-33-82-64(95)26-16-19-39-114-78-69(86-56(4)91)75(105)74(104)61(48-90)118-78/h53-55,57,59-61,69-78,88-90,100-105H,6-52H2,1-5H3,(H,80,93)(H,81,94)(H,82,95)(H,83,96)(H,84,97)(H,85,98)(H,86,91)(H,106,107)/t53-,54?,55?,57+,59?,60?,61?,69?,70?,71?,72?,73?,74?,75?,76?,77?,78?,79?/m1/s1. The number of carbonyl (C=O) groups excluding carboxylic acids is 9. The van der Waals surface area contributed by atoms with Crippen molar-refractivity contribution in [1.82, 2.24) is 42.1 Å². The minimum atomic E-state index is -4.18. The summed E-state index contributed by atoms with van der Waals surface area (Å²) in [5.41, 5.74) is -1.17. The number of rotatable bonds is 66. The van der Waals surface area contributed by atoms with Gasteiger partial charge in [-0.2, -0.15) is 0 Å². The van der Waals surface area contributed by atoms with Gasteiger partial charge in [0, 0.05) is 155 Å². The number of Topliss-reactive ketones (excluding diaryl/α,β-unsaturated/α-hetero) is 1. The lowest BCUT2D eigenvalue weighted by molar-refractivity contribution is -0.282. The number of amides is 8. The van der Waals surface area contributed by atoms with Crippen LogP contribution in [0.25, 0.3) is 0 Å². The molecule has 0 aromatic rings. The first-order chi connectivity index (χ1) is 57.0. The molecule has 0 aromatic heterocycles. The number of hydrogen-bond donors (Lipinski definition) is 17. The summed E-state index contributed by atoms with van der Waals surface area (Å²) in [5, 5.41) is 110. The molecule has 8 amide bonds. The molecule has 16 unspecified atom stereocenters. The van der Waals surface area contributed by atoms with E-state index in [1.165, 1.54) is 6.92 Å². The van der Waals surface area contributed by atoms with Crippen LogP contribution in [0.4, 0.5) is 0 Å². The molecule has 4 fully saturated rings. The van der Waals surface area contributed by atoms with Crippen molar-refractivity contribution in [2.75, 3.05) is 139 Å². The summed E-state index contributed by atoms with van der Waals surface area (Å²) >= 11 is 0. The maximum Gasteiger partial charge on any atom is 0.471 e. The number of ketones is 1. The van der Waals surface area contributed by atoms with E-state index in [0.29, 0.717) is 90.0 Å². The Morgan fingerprint density at radius 3 is 1.16 bits per heavy atom. The van der Waals surface area contributed by atoms with Crippen LogP contribution in [0.1, 0.15) is 201 Å². The maximum atomic E-state index is 14.2. The Balaban J connectivity index is 1.29. The largest absolute Gasteiger partial charge is 0.471 e. The molecule has 0 bridgehead atoms. The number of phosphoric ester groups is 1. The Morgan fingerprint density at radius 2 is 0.782 bits per heavy atom. The number of nitrogens with one attached hydrogen (secondary N) is 7. The number of unbranched alkanes of at least 4 members (excludes halogenated alkanes) is 10. The topological polar surface area (TPSA) is 562 Å². The molecule has 0 aromatic carbocycles. The summed E-state index contributed by atoms with van der Waals surface area (Å²) in [6, 6.07) is -1.40. The van der Waals surface area contributed by atoms with E-state index >= 15 is 0 Å². The highest BCUT2D eigenvalue weighted by Crippen LogP contribution is 2.43. The lowest BCUT2D eigenvalue weighted by Crippen LogP contribution is -2.64. The molecule has 39 nitrogen and oxygen atoms in total. The maximum absolute atomic E-state index is 14.2. The summed E-state index contributed by atoms with van der Waals surface area (Å²) < 4.78 is 74.1. The second-order valence-corrected chi connectivity index (χ2v) is 33.2. The number of aliphatic hydroxyl groups excluding tert-OH is 9. The molecular formula is C79H143N8O31P. The first-order valence-electron chi connectivity index (χ1n) is 42.6. The number of likely N-dealkylation sites (tertiary alicyclic amines) is 1. The van der Waals surface area contributed by atoms with Gasteiger partial charge in [-0.25, -0.2) is 4.57 Å². The van der Waals surface area contributed by atoms with E-state index < -0.39 is 131 Å². The molecule has 4 saturated heterocycles. The van der Waals surface area contributed by atoms with E-state index in [0.717, 1.165) is 45.6 Å². The third-order valence-electron chi connectivity index (χ3n) is 21.3. The van der Waals surface area contributed by atoms with Crippen LogP contribution in [-0.4, -0.2) is 333 Å². The van der Waals surface area contributed by atoms with Gasteiger partial charge in [0.25, 0.3) is 0 Å². The number of nitrogens with zero attached hydrogens (tertiary/aromatic N) is 1. The van der Waals surface area contributed by atoms with E-state index in [4.69, 9.17) is 47.2 Å². The molecule has 0 spiro atoms. The van der Waals surface area contributed by atoms with Crippen molar-refractivity contribution in [3.8, 4) is 0 Å². The molecule has 4 aliphatic rings. The molecule has 0 saturated carbocycles. The fourth-order valence-electron chi connectivity index (χ4n) is 14.2. The molecule has 40 heteroatoms. The summed E-state index contributed by atoms with van der Waals surface area (Å²) in [7, 11) is -3.10. The highest BCUT2D eigenvalue weighted by atomic mass is 31.2. The van der Waals surface area contributed by atoms with Gasteiger partial charge in [0.15, 0.2) is 18.9 Å². The lowest BCUT2D eigenvalue weighted by atomic mass is 9.84. The average molecular weight is 1730 g/mol. The van der Waals surface area contributed by atoms with E-state index in [1.807, 2.05) is 6.92 Å². The molecule has 4 rings (SSSR count). The number of ether oxygens (including phenoxy) is 9. The van der Waals surface area contributed by atoms with E-state index in [9.17, 15) is 98.6 Å². The first kappa shape index (κ1) is 106. The highest BCUT2D eigenvalue weighted by molar-refractivity contribution is 7.47. The van der Waals surface area contributed by atoms with Crippen LogP contribution in [0.2, 0.25) is 0 Å². The van der Waals surface area contributed by atoms with Gasteiger partial charge < -0.3 is 136 Å². The minimum absolute atomic E-state index is 0.0201. The monoisotopic (exact) mass is 1730 g/mol. The van der Waals surface area contributed by atoms with Crippen molar-refractivity contribution in [2.45, 2.75) is 287 Å². The van der Waals surface area contributed by atoms with Crippen LogP contribution in [0.5, 0.6) is 0 Å². The summed E-state index contributed by atoms with van der Waals surface area (Å²) in [5.74, 6) is -3.13. The summed E-state index contributed by atoms with van der Waals surface area (Å²) in [6.45, 7) is 6.95. The SMILES string of the molecule is COP(=O)(O)OC[C@@H]1C[C@@H](C)CN1C(=O)CCCCCCCCCCC(=O)CC(COCCC(=O)NCCCNC(=O)CCCCOC1OC(CO)C(O)C(O)C1C)(COCCC(=O)NCCCNC(=O)CCCCOC1OC(CO)C(O)C(O)C1C)COCCC(=O)NCCCNC(=O)CCCCOC1OC(CO)C(O)C(O)C1NC(C)=O. The van der Waals surface area contributed by atoms with E-state index in [2.05, 4.69) is 41.7 Å². The summed E-state index contributed by atoms with van der Waals surface area (Å²) in [4.78, 5) is 128. The fourth-order valence-corrected chi connectivity index (χ4v) is 14.6. The third-order valence-corrected chi connectivity index (χ3v) is 22.2. The predicted molar refractivity (Wildman–Crippen MR) is 427 cm³/mol. The van der Waals surface area contributed by atoms with Crippen molar-refractivity contribution in [1.29, 1.82) is 0 Å². The predicted octanol–water partition coefficient (Wildman–Crippen LogP) is -0.424. The van der Waals surface area contributed by atoms with Crippen molar-refractivity contribution in [3.63, 3.8) is 0 Å². The van der Waals surface area contributed by atoms with Gasteiger partial charge in [0.05, 0.1) is 84.3 Å². The Hall–Kier alpha value is -5.18. The van der Waals surface area contributed by atoms with E-state index in [1.54, 1.807) is 18.7 Å². The number of aliphatic hydroxyl groups is 9. The molecule has 4 heterocycles. The van der Waals surface area contributed by atoms with Crippen molar-refractivity contribution < 1.29 is 150 Å². The van der Waals surface area contributed by atoms with Crippen LogP contribution in [0.3, 0.4) is 0 Å². The van der Waals surface area contributed by atoms with Crippen LogP contribution >= 0.6 is 7.82 Å². The van der Waals surface area contributed by atoms with Gasteiger partial charge in [0.1, 0.15) is 54.6 Å². The normalized spacial score (nSPS) is 26.1. The quantitative estimate of drug-likeness (QED) is 0.0271. The Kier molecular flexibility index (Phi) is 53.9. The Labute approximate surface area is 699 Å². The van der Waals surface area contributed by atoms with Gasteiger partial charge in [-0.3, -0.25) is 52.2 Å². The Morgan fingerprint density at radius 1 is 0.437 bits per heavy atom. The molecular weight excluding hydrogens is 1590 g/mol. The smallest absolute Gasteiger partial charge is 0.394 e. The van der Waals surface area contributed by atoms with Gasteiger partial charge in [0.2, 0.25) is 47.3 Å². The number of carbonyl (C=O) groups is 9. The molecule has 0 radical (unpaired) electrons. The van der Waals surface area contributed by atoms with Crippen LogP contribution in [0, 0.1) is 23.2 Å². The number of phosphoric acid groups is 1. The zero-order valence-corrected chi connectivity index (χ0v) is 71.4. The van der Waals surface area contributed by atoms with Gasteiger partial charge in [-0.05, 0) is 83.0 Å². The minimum Gasteiger partial charge on any atom is -0.394 e. The van der Waals surface area contributed by atoms with Gasteiger partial charge >= 0.3 is 7.82 Å². The van der Waals surface area contributed by atoms with Crippen LogP contribution < -0.4 is 37.2 Å². The van der Waals surface area contributed by atoms with E-state index in [-0.39, 0.29) is 216 Å². The first-order valence-corrected chi connectivity index (χ1v) is 44.1. The molecule has 690 valence electrons. The zero-order chi connectivity index (χ0) is 87.6. The Bertz CT molecular complexity index is 2870. The molecule has 119 heavy (non-hydrogen) atoms. The van der Waals surface area contributed by atoms with Crippen molar-refractivity contribution in [2.24, 2.45) is 23.2 Å². The van der Waals surface area contributed by atoms with Gasteiger partial charge in [-0.1, -0.05) is 59.3 Å². The second kappa shape index (κ2) is 60.4. The zero-order valence-electron chi connectivity index (χ0n) is 70.5.